The predicted molar refractivity (Wildman–Crippen MR) is 89.0 cm³/mol. The summed E-state index contributed by atoms with van der Waals surface area (Å²) >= 11 is 3.70. The van der Waals surface area contributed by atoms with Gasteiger partial charge in [0.05, 0.1) is 15.9 Å². The SMILES string of the molecule is CCc1nn(CC)c(CC(N)C(C)(CC)N(C)C)c1Br. The van der Waals surface area contributed by atoms with Crippen LogP contribution in [-0.2, 0) is 19.4 Å². The van der Waals surface area contributed by atoms with Gasteiger partial charge < -0.3 is 10.6 Å². The van der Waals surface area contributed by atoms with Gasteiger partial charge in [0.2, 0.25) is 0 Å². The van der Waals surface area contributed by atoms with Gasteiger partial charge in [0, 0.05) is 24.5 Å². The molecule has 0 radical (unpaired) electrons. The summed E-state index contributed by atoms with van der Waals surface area (Å²) in [7, 11) is 4.21. The highest BCUT2D eigenvalue weighted by atomic mass is 79.9. The molecule has 0 saturated carbocycles. The number of halogens is 1. The number of hydrogen-bond donors (Lipinski definition) is 1. The van der Waals surface area contributed by atoms with Crippen LogP contribution in [0.2, 0.25) is 0 Å². The standard InChI is InChI=1S/C15H29BrN4/c1-7-11-14(16)12(20(9-3)18-11)10-13(17)15(4,8-2)19(5)6/h13H,7-10,17H2,1-6H3. The van der Waals surface area contributed by atoms with Crippen LogP contribution in [0.25, 0.3) is 0 Å². The summed E-state index contributed by atoms with van der Waals surface area (Å²) in [5, 5.41) is 4.65. The number of nitrogens with zero attached hydrogens (tertiary/aromatic N) is 3. The molecule has 0 spiro atoms. The maximum atomic E-state index is 6.54. The fourth-order valence-corrected chi connectivity index (χ4v) is 3.28. The maximum Gasteiger partial charge on any atom is 0.0766 e. The molecule has 1 rings (SSSR count). The lowest BCUT2D eigenvalue weighted by molar-refractivity contribution is 0.130. The van der Waals surface area contributed by atoms with Crippen molar-refractivity contribution in [3.8, 4) is 0 Å². The maximum absolute atomic E-state index is 6.54. The largest absolute Gasteiger partial charge is 0.326 e. The number of likely N-dealkylation sites (N-methyl/N-ethyl adjacent to an activating group) is 1. The third-order valence-corrected chi connectivity index (χ3v) is 5.56. The molecule has 2 N–H and O–H groups in total. The summed E-state index contributed by atoms with van der Waals surface area (Å²) < 4.78 is 3.21. The zero-order valence-electron chi connectivity index (χ0n) is 13.7. The van der Waals surface area contributed by atoms with Gasteiger partial charge in [0.25, 0.3) is 0 Å². The molecule has 0 amide bonds. The average Bonchev–Trinajstić information content (AvgIpc) is 2.73. The number of aromatic nitrogens is 2. The first-order valence-electron chi connectivity index (χ1n) is 7.48. The average molecular weight is 345 g/mol. The highest BCUT2D eigenvalue weighted by Gasteiger charge is 2.33. The molecule has 116 valence electrons. The molecule has 0 aliphatic carbocycles. The van der Waals surface area contributed by atoms with Gasteiger partial charge in [0.15, 0.2) is 0 Å². The number of nitrogens with two attached hydrogens (primary N) is 1. The topological polar surface area (TPSA) is 47.1 Å². The van der Waals surface area contributed by atoms with Crippen molar-refractivity contribution in [3.63, 3.8) is 0 Å². The second-order valence-electron chi connectivity index (χ2n) is 5.79. The Morgan fingerprint density at radius 2 is 1.95 bits per heavy atom. The Hall–Kier alpha value is -0.390. The van der Waals surface area contributed by atoms with Crippen LogP contribution in [0.3, 0.4) is 0 Å². The molecule has 0 aliphatic heterocycles. The molecule has 0 aliphatic rings. The molecular formula is C15H29BrN4. The van der Waals surface area contributed by atoms with E-state index in [1.165, 1.54) is 5.69 Å². The molecular weight excluding hydrogens is 316 g/mol. The van der Waals surface area contributed by atoms with Crippen molar-refractivity contribution in [1.82, 2.24) is 14.7 Å². The van der Waals surface area contributed by atoms with Crippen molar-refractivity contribution < 1.29 is 0 Å². The van der Waals surface area contributed by atoms with E-state index in [4.69, 9.17) is 5.73 Å². The Morgan fingerprint density at radius 1 is 1.35 bits per heavy atom. The molecule has 1 heterocycles. The Labute approximate surface area is 131 Å². The lowest BCUT2D eigenvalue weighted by Gasteiger charge is -2.41. The summed E-state index contributed by atoms with van der Waals surface area (Å²) in [6, 6.07) is 0.0745. The zero-order chi connectivity index (χ0) is 15.5. The number of aryl methyl sites for hydroxylation is 2. The third kappa shape index (κ3) is 3.26. The van der Waals surface area contributed by atoms with E-state index in [9.17, 15) is 0 Å². The van der Waals surface area contributed by atoms with Crippen LogP contribution in [0.5, 0.6) is 0 Å². The first-order chi connectivity index (χ1) is 9.31. The van der Waals surface area contributed by atoms with Gasteiger partial charge in [-0.1, -0.05) is 13.8 Å². The number of hydrogen-bond acceptors (Lipinski definition) is 3. The van der Waals surface area contributed by atoms with Gasteiger partial charge in [-0.05, 0) is 56.7 Å². The van der Waals surface area contributed by atoms with Crippen LogP contribution in [-0.4, -0.2) is 40.4 Å². The smallest absolute Gasteiger partial charge is 0.0766 e. The highest BCUT2D eigenvalue weighted by molar-refractivity contribution is 9.10. The molecule has 1 aromatic heterocycles. The minimum Gasteiger partial charge on any atom is -0.326 e. The van der Waals surface area contributed by atoms with Crippen LogP contribution in [0.15, 0.2) is 4.47 Å². The van der Waals surface area contributed by atoms with Crippen molar-refractivity contribution in [3.05, 3.63) is 15.9 Å². The van der Waals surface area contributed by atoms with Gasteiger partial charge in [-0.25, -0.2) is 0 Å². The lowest BCUT2D eigenvalue weighted by atomic mass is 9.86. The summed E-state index contributed by atoms with van der Waals surface area (Å²) in [4.78, 5) is 2.24. The second-order valence-corrected chi connectivity index (χ2v) is 6.59. The van der Waals surface area contributed by atoms with E-state index in [0.29, 0.717) is 0 Å². The van der Waals surface area contributed by atoms with Crippen molar-refractivity contribution in [2.75, 3.05) is 14.1 Å². The van der Waals surface area contributed by atoms with E-state index < -0.39 is 0 Å². The molecule has 1 aromatic rings. The first kappa shape index (κ1) is 17.7. The molecule has 0 aromatic carbocycles. The molecule has 0 fully saturated rings. The molecule has 0 saturated heterocycles. The second kappa shape index (κ2) is 7.05. The third-order valence-electron chi connectivity index (χ3n) is 4.64. The summed E-state index contributed by atoms with van der Waals surface area (Å²) in [6.07, 6.45) is 2.80. The normalized spacial score (nSPS) is 16.4. The molecule has 4 nitrogen and oxygen atoms in total. The van der Waals surface area contributed by atoms with Gasteiger partial charge in [0.1, 0.15) is 0 Å². The van der Waals surface area contributed by atoms with Gasteiger partial charge >= 0.3 is 0 Å². The van der Waals surface area contributed by atoms with Crippen molar-refractivity contribution >= 4 is 15.9 Å². The monoisotopic (exact) mass is 344 g/mol. The molecule has 2 atom stereocenters. The minimum atomic E-state index is -0.00530. The highest BCUT2D eigenvalue weighted by Crippen LogP contribution is 2.27. The molecule has 5 heteroatoms. The van der Waals surface area contributed by atoms with Crippen LogP contribution in [0, 0.1) is 0 Å². The van der Waals surface area contributed by atoms with Crippen LogP contribution < -0.4 is 5.73 Å². The van der Waals surface area contributed by atoms with E-state index >= 15 is 0 Å². The Morgan fingerprint density at radius 3 is 2.35 bits per heavy atom. The van der Waals surface area contributed by atoms with Crippen molar-refractivity contribution in [2.45, 2.75) is 65.1 Å². The minimum absolute atomic E-state index is 0.00530. The fraction of sp³-hybridized carbons (Fsp3) is 0.800. The van der Waals surface area contributed by atoms with E-state index in [1.54, 1.807) is 0 Å². The Kier molecular flexibility index (Phi) is 6.23. The van der Waals surface area contributed by atoms with E-state index in [2.05, 4.69) is 72.4 Å². The van der Waals surface area contributed by atoms with Crippen LogP contribution in [0.1, 0.15) is 45.5 Å². The van der Waals surface area contributed by atoms with Crippen molar-refractivity contribution in [2.24, 2.45) is 5.73 Å². The molecule has 2 unspecified atom stereocenters. The van der Waals surface area contributed by atoms with Crippen molar-refractivity contribution in [1.29, 1.82) is 0 Å². The first-order valence-corrected chi connectivity index (χ1v) is 8.28. The van der Waals surface area contributed by atoms with Gasteiger partial charge in [-0.15, -0.1) is 0 Å². The summed E-state index contributed by atoms with van der Waals surface area (Å²) in [5.41, 5.74) is 8.87. The van der Waals surface area contributed by atoms with E-state index in [-0.39, 0.29) is 11.6 Å². The van der Waals surface area contributed by atoms with Crippen LogP contribution in [0.4, 0.5) is 0 Å². The van der Waals surface area contributed by atoms with Gasteiger partial charge in [-0.2, -0.15) is 5.10 Å². The molecule has 0 bridgehead atoms. The van der Waals surface area contributed by atoms with Crippen LogP contribution >= 0.6 is 15.9 Å². The van der Waals surface area contributed by atoms with E-state index in [0.717, 1.165) is 36.0 Å². The quantitative estimate of drug-likeness (QED) is 0.827. The van der Waals surface area contributed by atoms with E-state index in [1.807, 2.05) is 0 Å². The summed E-state index contributed by atoms with van der Waals surface area (Å²) in [5.74, 6) is 0. The van der Waals surface area contributed by atoms with Gasteiger partial charge in [-0.3, -0.25) is 4.68 Å². The zero-order valence-corrected chi connectivity index (χ0v) is 15.3. The lowest BCUT2D eigenvalue weighted by Crippen LogP contribution is -2.56. The Balaban J connectivity index is 3.06. The number of rotatable bonds is 7. The predicted octanol–water partition coefficient (Wildman–Crippen LogP) is 2.83. The fourth-order valence-electron chi connectivity index (χ4n) is 2.55. The summed E-state index contributed by atoms with van der Waals surface area (Å²) in [6.45, 7) is 9.57. The Bertz CT molecular complexity index is 441. The molecule has 20 heavy (non-hydrogen) atoms.